The van der Waals surface area contributed by atoms with Crippen molar-refractivity contribution < 1.29 is 0 Å². The Balaban J connectivity index is 2.33. The number of rotatable bonds is 2. The molecular weight excluding hydrogens is 332 g/mol. The van der Waals surface area contributed by atoms with Crippen LogP contribution in [0.2, 0.25) is 0 Å². The highest BCUT2D eigenvalue weighted by atomic mass is 32.1. The van der Waals surface area contributed by atoms with Gasteiger partial charge < -0.3 is 5.32 Å². The number of thiol groups is 2. The fourth-order valence-corrected chi connectivity index (χ4v) is 2.62. The summed E-state index contributed by atoms with van der Waals surface area (Å²) < 4.78 is 0.689. The van der Waals surface area contributed by atoms with Crippen molar-refractivity contribution in [1.29, 1.82) is 0 Å². The lowest BCUT2D eigenvalue weighted by Gasteiger charge is -2.43. The second-order valence-corrected chi connectivity index (χ2v) is 6.16. The molecule has 1 fully saturated rings. The van der Waals surface area contributed by atoms with E-state index in [1.165, 1.54) is 0 Å². The van der Waals surface area contributed by atoms with E-state index in [0.29, 0.717) is 14.5 Å². The monoisotopic (exact) mass is 346 g/mol. The Kier molecular flexibility index (Phi) is 5.93. The third-order valence-electron chi connectivity index (χ3n) is 2.67. The van der Waals surface area contributed by atoms with Gasteiger partial charge in [0.15, 0.2) is 14.5 Å². The van der Waals surface area contributed by atoms with E-state index < -0.39 is 0 Å². The fraction of sp³-hybridized carbons (Fsp3) is 0.400. The number of piperazine rings is 1. The van der Waals surface area contributed by atoms with Crippen molar-refractivity contribution in [1.82, 2.24) is 25.4 Å². The van der Waals surface area contributed by atoms with E-state index in [9.17, 15) is 0 Å². The molecule has 0 bridgehead atoms. The molecule has 1 aliphatic heterocycles. The molecule has 0 amide bonds. The first kappa shape index (κ1) is 15.9. The van der Waals surface area contributed by atoms with Crippen LogP contribution >= 0.6 is 49.7 Å². The van der Waals surface area contributed by atoms with Gasteiger partial charge in [-0.25, -0.2) is 9.99 Å². The zero-order chi connectivity index (χ0) is 14.5. The minimum absolute atomic E-state index is 0.320. The molecule has 1 N–H and O–H groups in total. The van der Waals surface area contributed by atoms with Crippen molar-refractivity contribution in [2.24, 2.45) is 0 Å². The topological polar surface area (TPSA) is 47.5 Å². The summed E-state index contributed by atoms with van der Waals surface area (Å²) >= 11 is 19.0. The maximum absolute atomic E-state index is 5.24. The number of nitrogens with zero attached hydrogens (tertiary/aromatic N) is 5. The SMILES string of the molecule is S=C(S)N(c1cnccn1)N(C(=S)S)N1CCNCC1. The van der Waals surface area contributed by atoms with Crippen LogP contribution < -0.4 is 10.3 Å². The second kappa shape index (κ2) is 7.48. The van der Waals surface area contributed by atoms with Crippen LogP contribution in [0.1, 0.15) is 0 Å². The first-order chi connectivity index (χ1) is 9.61. The number of thiocarbonyl (C=S) groups is 2. The molecule has 20 heavy (non-hydrogen) atoms. The predicted octanol–water partition coefficient (Wildman–Crippen LogP) is 0.750. The van der Waals surface area contributed by atoms with Crippen LogP contribution in [0.5, 0.6) is 0 Å². The molecule has 1 aliphatic rings. The van der Waals surface area contributed by atoms with Gasteiger partial charge in [-0.2, -0.15) is 10.1 Å². The summed E-state index contributed by atoms with van der Waals surface area (Å²) in [6, 6.07) is 0. The lowest BCUT2D eigenvalue weighted by molar-refractivity contribution is 0.0410. The number of anilines is 1. The van der Waals surface area contributed by atoms with E-state index in [1.807, 2.05) is 5.01 Å². The van der Waals surface area contributed by atoms with E-state index in [-0.39, 0.29) is 0 Å². The molecule has 108 valence electrons. The second-order valence-electron chi connectivity index (χ2n) is 3.93. The Morgan fingerprint density at radius 1 is 1.20 bits per heavy atom. The van der Waals surface area contributed by atoms with Crippen LogP contribution in [0.15, 0.2) is 18.6 Å². The minimum atomic E-state index is 0.320. The molecule has 0 aliphatic carbocycles. The summed E-state index contributed by atoms with van der Waals surface area (Å²) in [4.78, 5) is 8.30. The summed E-state index contributed by atoms with van der Waals surface area (Å²) in [5.74, 6) is 0.544. The molecule has 2 heterocycles. The van der Waals surface area contributed by atoms with Crippen LogP contribution in [-0.2, 0) is 0 Å². The smallest absolute Gasteiger partial charge is 0.173 e. The van der Waals surface area contributed by atoms with Crippen molar-refractivity contribution >= 4 is 64.2 Å². The molecule has 1 aromatic heterocycles. The summed E-state index contributed by atoms with van der Waals surface area (Å²) in [5.41, 5.74) is 0. The Labute approximate surface area is 139 Å². The lowest BCUT2D eigenvalue weighted by atomic mass is 10.4. The molecule has 0 saturated carbocycles. The number of aromatic nitrogens is 2. The molecule has 10 heteroatoms. The molecule has 0 spiro atoms. The van der Waals surface area contributed by atoms with E-state index in [1.54, 1.807) is 28.7 Å². The summed E-state index contributed by atoms with van der Waals surface area (Å²) in [6.45, 7) is 3.29. The highest BCUT2D eigenvalue weighted by molar-refractivity contribution is 8.12. The Hall–Kier alpha value is -0.520. The van der Waals surface area contributed by atoms with Gasteiger partial charge in [0.25, 0.3) is 0 Å². The van der Waals surface area contributed by atoms with Crippen molar-refractivity contribution in [3.8, 4) is 0 Å². The Morgan fingerprint density at radius 3 is 2.40 bits per heavy atom. The van der Waals surface area contributed by atoms with Gasteiger partial charge in [0.2, 0.25) is 0 Å². The molecule has 1 aromatic rings. The van der Waals surface area contributed by atoms with Gasteiger partial charge in [-0.05, 0) is 12.2 Å². The molecule has 0 aromatic carbocycles. The van der Waals surface area contributed by atoms with Crippen molar-refractivity contribution in [3.63, 3.8) is 0 Å². The lowest BCUT2D eigenvalue weighted by Crippen LogP contribution is -2.60. The van der Waals surface area contributed by atoms with E-state index >= 15 is 0 Å². The average Bonchev–Trinajstić information content (AvgIpc) is 2.45. The third-order valence-corrected chi connectivity index (χ3v) is 3.37. The van der Waals surface area contributed by atoms with Gasteiger partial charge in [0.1, 0.15) is 0 Å². The fourth-order valence-electron chi connectivity index (χ4n) is 1.85. The van der Waals surface area contributed by atoms with Crippen LogP contribution in [0.4, 0.5) is 5.82 Å². The number of hydrazine groups is 2. The molecule has 6 nitrogen and oxygen atoms in total. The Bertz CT molecular complexity index is 478. The van der Waals surface area contributed by atoms with Crippen LogP contribution in [-0.4, -0.2) is 54.9 Å². The van der Waals surface area contributed by atoms with E-state index in [0.717, 1.165) is 26.2 Å². The van der Waals surface area contributed by atoms with Gasteiger partial charge in [-0.3, -0.25) is 4.98 Å². The van der Waals surface area contributed by atoms with Gasteiger partial charge in [-0.1, -0.05) is 12.2 Å². The maximum atomic E-state index is 5.24. The van der Waals surface area contributed by atoms with E-state index in [4.69, 9.17) is 24.4 Å². The van der Waals surface area contributed by atoms with Crippen molar-refractivity contribution in [3.05, 3.63) is 18.6 Å². The molecule has 0 unspecified atom stereocenters. The quantitative estimate of drug-likeness (QED) is 0.412. The maximum Gasteiger partial charge on any atom is 0.173 e. The number of hydrogen-bond acceptors (Lipinski definition) is 6. The molecule has 0 radical (unpaired) electrons. The highest BCUT2D eigenvalue weighted by Crippen LogP contribution is 2.19. The minimum Gasteiger partial charge on any atom is -0.314 e. The van der Waals surface area contributed by atoms with Crippen molar-refractivity contribution in [2.45, 2.75) is 0 Å². The number of hydrogen-bond donors (Lipinski definition) is 3. The third kappa shape index (κ3) is 3.77. The Morgan fingerprint density at radius 2 is 1.90 bits per heavy atom. The van der Waals surface area contributed by atoms with Crippen LogP contribution in [0.3, 0.4) is 0 Å². The van der Waals surface area contributed by atoms with Crippen LogP contribution in [0, 0.1) is 0 Å². The molecule has 1 saturated heterocycles. The number of nitrogens with one attached hydrogen (secondary N) is 1. The normalized spacial score (nSPS) is 15.7. The van der Waals surface area contributed by atoms with Crippen LogP contribution in [0.25, 0.3) is 0 Å². The molecular formula is C10H14N6S4. The van der Waals surface area contributed by atoms with Gasteiger partial charge in [-0.15, -0.1) is 25.3 Å². The van der Waals surface area contributed by atoms with Gasteiger partial charge >= 0.3 is 0 Å². The largest absolute Gasteiger partial charge is 0.314 e. The summed E-state index contributed by atoms with van der Waals surface area (Å²) in [7, 11) is 0. The van der Waals surface area contributed by atoms with E-state index in [2.05, 4.69) is 40.5 Å². The van der Waals surface area contributed by atoms with Gasteiger partial charge in [0.05, 0.1) is 6.20 Å². The zero-order valence-corrected chi connectivity index (χ0v) is 13.9. The molecule has 2 rings (SSSR count). The first-order valence-electron chi connectivity index (χ1n) is 5.89. The highest BCUT2D eigenvalue weighted by Gasteiger charge is 2.28. The molecule has 0 atom stereocenters. The standard InChI is InChI=1S/C10H14N6S4/c17-9(18)15(8-7-12-1-2-13-8)16(10(19)20)14-5-3-11-4-6-14/h1-2,7,11H,3-6H2,(H,17,18)(H,19,20). The predicted molar refractivity (Wildman–Crippen MR) is 94.0 cm³/mol. The van der Waals surface area contributed by atoms with Crippen molar-refractivity contribution in [2.75, 3.05) is 31.2 Å². The summed E-state index contributed by atoms with van der Waals surface area (Å²) in [5, 5.41) is 8.65. The summed E-state index contributed by atoms with van der Waals surface area (Å²) in [6.07, 6.45) is 4.78. The average molecular weight is 347 g/mol. The van der Waals surface area contributed by atoms with Gasteiger partial charge in [0, 0.05) is 38.6 Å². The zero-order valence-electron chi connectivity index (χ0n) is 10.5. The first-order valence-corrected chi connectivity index (χ1v) is 7.60.